The van der Waals surface area contributed by atoms with Crippen LogP contribution >= 0.6 is 0 Å². The summed E-state index contributed by atoms with van der Waals surface area (Å²) in [7, 11) is 0. The first-order valence-electron chi connectivity index (χ1n) is 7.81. The highest BCUT2D eigenvalue weighted by Crippen LogP contribution is 2.19. The van der Waals surface area contributed by atoms with Gasteiger partial charge in [0.15, 0.2) is 0 Å². The van der Waals surface area contributed by atoms with E-state index in [4.69, 9.17) is 4.74 Å². The molecule has 0 amide bonds. The molecule has 1 aliphatic rings. The van der Waals surface area contributed by atoms with Crippen LogP contribution in [0, 0.1) is 0 Å². The maximum Gasteiger partial charge on any atom is 0.0576 e. The molecule has 2 heterocycles. The Balaban J connectivity index is 1.77. The van der Waals surface area contributed by atoms with Gasteiger partial charge in [-0.1, -0.05) is 6.92 Å². The number of aryl methyl sites for hydroxylation is 1. The lowest BCUT2D eigenvalue weighted by Crippen LogP contribution is -2.22. The van der Waals surface area contributed by atoms with E-state index in [9.17, 15) is 0 Å². The monoisotopic (exact) mass is 264 g/mol. The van der Waals surface area contributed by atoms with E-state index in [2.05, 4.69) is 42.1 Å². The van der Waals surface area contributed by atoms with E-state index in [1.807, 2.05) is 0 Å². The van der Waals surface area contributed by atoms with Crippen LogP contribution in [0.4, 0.5) is 0 Å². The van der Waals surface area contributed by atoms with Crippen molar-refractivity contribution >= 4 is 0 Å². The lowest BCUT2D eigenvalue weighted by molar-refractivity contribution is 0.101. The summed E-state index contributed by atoms with van der Waals surface area (Å²) in [6, 6.07) is 4.84. The molecule has 3 heteroatoms. The van der Waals surface area contributed by atoms with Crippen LogP contribution in [-0.2, 0) is 11.3 Å². The minimum absolute atomic E-state index is 0.442. The molecular weight excluding hydrogens is 236 g/mol. The van der Waals surface area contributed by atoms with Crippen molar-refractivity contribution in [3.05, 3.63) is 24.0 Å². The molecule has 0 saturated carbocycles. The van der Waals surface area contributed by atoms with Crippen molar-refractivity contribution in [2.24, 2.45) is 0 Å². The van der Waals surface area contributed by atoms with E-state index in [-0.39, 0.29) is 0 Å². The van der Waals surface area contributed by atoms with Gasteiger partial charge in [0.1, 0.15) is 0 Å². The van der Waals surface area contributed by atoms with Crippen LogP contribution in [0.25, 0.3) is 0 Å². The number of nitrogens with one attached hydrogen (secondary N) is 1. The summed E-state index contributed by atoms with van der Waals surface area (Å²) in [6.45, 7) is 7.63. The fourth-order valence-electron chi connectivity index (χ4n) is 2.85. The van der Waals surface area contributed by atoms with Gasteiger partial charge in [0, 0.05) is 31.1 Å². The molecule has 19 heavy (non-hydrogen) atoms. The van der Waals surface area contributed by atoms with Crippen LogP contribution in [0.1, 0.15) is 57.7 Å². The molecule has 108 valence electrons. The average molecular weight is 264 g/mol. The number of nitrogens with zero attached hydrogens (tertiary/aromatic N) is 1. The average Bonchev–Trinajstić information content (AvgIpc) is 3.07. The number of ether oxygens (including phenoxy) is 1. The fourth-order valence-corrected chi connectivity index (χ4v) is 2.85. The third kappa shape index (κ3) is 4.36. The zero-order valence-electron chi connectivity index (χ0n) is 12.4. The summed E-state index contributed by atoms with van der Waals surface area (Å²) in [4.78, 5) is 0. The van der Waals surface area contributed by atoms with Gasteiger partial charge in [-0.15, -0.1) is 0 Å². The molecule has 2 atom stereocenters. The van der Waals surface area contributed by atoms with Crippen LogP contribution < -0.4 is 5.32 Å². The Kier molecular flexibility index (Phi) is 5.93. The van der Waals surface area contributed by atoms with Gasteiger partial charge < -0.3 is 14.6 Å². The first-order valence-corrected chi connectivity index (χ1v) is 7.81. The molecule has 1 N–H and O–H groups in total. The van der Waals surface area contributed by atoms with Crippen molar-refractivity contribution in [2.75, 3.05) is 13.2 Å². The smallest absolute Gasteiger partial charge is 0.0576 e. The number of hydrogen-bond donors (Lipinski definition) is 1. The van der Waals surface area contributed by atoms with Crippen molar-refractivity contribution < 1.29 is 4.74 Å². The normalized spacial score (nSPS) is 20.8. The zero-order valence-corrected chi connectivity index (χ0v) is 12.4. The fraction of sp³-hybridized carbons (Fsp3) is 0.750. The second kappa shape index (κ2) is 7.71. The Hall–Kier alpha value is -0.800. The third-order valence-electron chi connectivity index (χ3n) is 3.96. The Morgan fingerprint density at radius 2 is 2.42 bits per heavy atom. The van der Waals surface area contributed by atoms with Gasteiger partial charge in [0.2, 0.25) is 0 Å². The molecule has 0 spiro atoms. The zero-order chi connectivity index (χ0) is 13.5. The standard InChI is InChI=1S/C16H28N2O/c1-3-10-17-14(2)16-9-5-12-18(16)11-4-7-15-8-6-13-19-15/h5,9,12,14-15,17H,3-4,6-8,10-11,13H2,1-2H3. The topological polar surface area (TPSA) is 26.2 Å². The number of hydrogen-bond acceptors (Lipinski definition) is 2. The molecule has 0 radical (unpaired) electrons. The molecule has 0 bridgehead atoms. The molecule has 0 aliphatic carbocycles. The molecule has 3 nitrogen and oxygen atoms in total. The lowest BCUT2D eigenvalue weighted by atomic mass is 10.1. The molecule has 1 saturated heterocycles. The van der Waals surface area contributed by atoms with Crippen molar-refractivity contribution in [3.63, 3.8) is 0 Å². The quantitative estimate of drug-likeness (QED) is 0.777. The second-order valence-corrected chi connectivity index (χ2v) is 5.58. The molecule has 0 aromatic carbocycles. The highest BCUT2D eigenvalue weighted by Gasteiger charge is 2.15. The van der Waals surface area contributed by atoms with Gasteiger partial charge in [-0.2, -0.15) is 0 Å². The van der Waals surface area contributed by atoms with Gasteiger partial charge in [0.25, 0.3) is 0 Å². The summed E-state index contributed by atoms with van der Waals surface area (Å²) in [5, 5.41) is 3.56. The highest BCUT2D eigenvalue weighted by molar-refractivity contribution is 5.11. The van der Waals surface area contributed by atoms with Gasteiger partial charge in [-0.25, -0.2) is 0 Å². The van der Waals surface area contributed by atoms with E-state index in [0.717, 1.165) is 19.7 Å². The molecule has 1 aromatic rings. The number of rotatable bonds is 8. The van der Waals surface area contributed by atoms with Gasteiger partial charge in [0.05, 0.1) is 6.10 Å². The highest BCUT2D eigenvalue weighted by atomic mass is 16.5. The Bertz CT molecular complexity index is 355. The predicted molar refractivity (Wildman–Crippen MR) is 79.3 cm³/mol. The van der Waals surface area contributed by atoms with E-state index < -0.39 is 0 Å². The van der Waals surface area contributed by atoms with Crippen LogP contribution in [0.5, 0.6) is 0 Å². The predicted octanol–water partition coefficient (Wildman–Crippen LogP) is 3.51. The van der Waals surface area contributed by atoms with Crippen molar-refractivity contribution in [3.8, 4) is 0 Å². The minimum atomic E-state index is 0.442. The maximum absolute atomic E-state index is 5.68. The molecular formula is C16H28N2O. The largest absolute Gasteiger partial charge is 0.378 e. The summed E-state index contributed by atoms with van der Waals surface area (Å²) < 4.78 is 8.07. The minimum Gasteiger partial charge on any atom is -0.378 e. The van der Waals surface area contributed by atoms with Gasteiger partial charge >= 0.3 is 0 Å². The van der Waals surface area contributed by atoms with Crippen LogP contribution in [0.15, 0.2) is 18.3 Å². The molecule has 1 aliphatic heterocycles. The SMILES string of the molecule is CCCNC(C)c1cccn1CCCC1CCCO1. The van der Waals surface area contributed by atoms with Crippen molar-refractivity contribution in [2.45, 2.75) is 64.6 Å². The van der Waals surface area contributed by atoms with E-state index in [1.54, 1.807) is 0 Å². The van der Waals surface area contributed by atoms with Gasteiger partial charge in [-0.3, -0.25) is 0 Å². The molecule has 2 rings (SSSR count). The van der Waals surface area contributed by atoms with Gasteiger partial charge in [-0.05, 0) is 57.7 Å². The lowest BCUT2D eigenvalue weighted by Gasteiger charge is -2.17. The second-order valence-electron chi connectivity index (χ2n) is 5.58. The van der Waals surface area contributed by atoms with E-state index in [1.165, 1.54) is 37.8 Å². The van der Waals surface area contributed by atoms with Crippen molar-refractivity contribution in [1.29, 1.82) is 0 Å². The summed E-state index contributed by atoms with van der Waals surface area (Å²) in [6.07, 6.45) is 8.83. The maximum atomic E-state index is 5.68. The third-order valence-corrected chi connectivity index (χ3v) is 3.96. The molecule has 1 fully saturated rings. The molecule has 2 unspecified atom stereocenters. The summed E-state index contributed by atoms with van der Waals surface area (Å²) in [5.41, 5.74) is 1.40. The summed E-state index contributed by atoms with van der Waals surface area (Å²) in [5.74, 6) is 0. The Morgan fingerprint density at radius 1 is 1.53 bits per heavy atom. The number of aromatic nitrogens is 1. The first kappa shape index (κ1) is 14.6. The first-order chi connectivity index (χ1) is 9.31. The van der Waals surface area contributed by atoms with Crippen molar-refractivity contribution in [1.82, 2.24) is 9.88 Å². The Morgan fingerprint density at radius 3 is 3.16 bits per heavy atom. The van der Waals surface area contributed by atoms with Crippen LogP contribution in [0.2, 0.25) is 0 Å². The van der Waals surface area contributed by atoms with E-state index in [0.29, 0.717) is 12.1 Å². The van der Waals surface area contributed by atoms with Crippen LogP contribution in [0.3, 0.4) is 0 Å². The summed E-state index contributed by atoms with van der Waals surface area (Å²) >= 11 is 0. The van der Waals surface area contributed by atoms with Crippen LogP contribution in [-0.4, -0.2) is 23.8 Å². The Labute approximate surface area is 117 Å². The molecule has 1 aromatic heterocycles. The van der Waals surface area contributed by atoms with E-state index >= 15 is 0 Å².